The van der Waals surface area contributed by atoms with E-state index >= 15 is 0 Å². The van der Waals surface area contributed by atoms with Crippen molar-refractivity contribution in [2.75, 3.05) is 11.1 Å². The number of carbonyl (C=O) groups is 1. The van der Waals surface area contributed by atoms with Gasteiger partial charge in [-0.1, -0.05) is 6.07 Å². The predicted molar refractivity (Wildman–Crippen MR) is 69.9 cm³/mol. The Morgan fingerprint density at radius 2 is 1.85 bits per heavy atom. The van der Waals surface area contributed by atoms with Crippen LogP contribution >= 0.6 is 0 Å². The Bertz CT molecular complexity index is 703. The molecule has 0 aliphatic rings. The Hall–Kier alpha value is -2.94. The molecule has 0 saturated heterocycles. The van der Waals surface area contributed by atoms with E-state index in [4.69, 9.17) is 11.0 Å². The van der Waals surface area contributed by atoms with Gasteiger partial charge in [-0.15, -0.1) is 0 Å². The molecule has 0 aromatic heterocycles. The van der Waals surface area contributed by atoms with Crippen molar-refractivity contribution in [3.8, 4) is 6.07 Å². The van der Waals surface area contributed by atoms with E-state index in [9.17, 15) is 13.6 Å². The zero-order valence-electron chi connectivity index (χ0n) is 10.2. The van der Waals surface area contributed by atoms with E-state index in [0.717, 1.165) is 18.2 Å². The minimum absolute atomic E-state index is 0.107. The Balaban J connectivity index is 2.36. The lowest BCUT2D eigenvalue weighted by Gasteiger charge is -2.09. The first-order valence-corrected chi connectivity index (χ1v) is 5.58. The van der Waals surface area contributed by atoms with Crippen LogP contribution in [0, 0.1) is 23.0 Å². The standard InChI is InChI=1S/C14H9F2N3O/c15-10-2-1-3-11(16)13(10)14(20)19-12-5-4-9(18)6-8(12)7-17/h1-6H,18H2,(H,19,20). The fourth-order valence-corrected chi connectivity index (χ4v) is 1.66. The first kappa shape index (κ1) is 13.5. The van der Waals surface area contributed by atoms with Crippen molar-refractivity contribution in [2.24, 2.45) is 0 Å². The summed E-state index contributed by atoms with van der Waals surface area (Å²) in [6, 6.07) is 9.17. The summed E-state index contributed by atoms with van der Waals surface area (Å²) in [6.07, 6.45) is 0. The third kappa shape index (κ3) is 2.57. The van der Waals surface area contributed by atoms with Gasteiger partial charge in [-0.05, 0) is 30.3 Å². The largest absolute Gasteiger partial charge is 0.399 e. The van der Waals surface area contributed by atoms with Crippen LogP contribution in [0.5, 0.6) is 0 Å². The monoisotopic (exact) mass is 273 g/mol. The number of amides is 1. The normalized spacial score (nSPS) is 9.85. The van der Waals surface area contributed by atoms with Crippen molar-refractivity contribution in [3.05, 3.63) is 59.2 Å². The van der Waals surface area contributed by atoms with Gasteiger partial charge in [0.05, 0.1) is 11.3 Å². The summed E-state index contributed by atoms with van der Waals surface area (Å²) in [5, 5.41) is 11.2. The van der Waals surface area contributed by atoms with E-state index in [-0.39, 0.29) is 11.3 Å². The van der Waals surface area contributed by atoms with Crippen LogP contribution in [-0.2, 0) is 0 Å². The Kier molecular flexibility index (Phi) is 3.62. The van der Waals surface area contributed by atoms with Gasteiger partial charge in [-0.25, -0.2) is 8.78 Å². The molecular formula is C14H9F2N3O. The van der Waals surface area contributed by atoms with Gasteiger partial charge >= 0.3 is 0 Å². The molecule has 1 amide bonds. The summed E-state index contributed by atoms with van der Waals surface area (Å²) in [7, 11) is 0. The maximum atomic E-state index is 13.5. The Morgan fingerprint density at radius 3 is 2.45 bits per heavy atom. The molecule has 0 saturated carbocycles. The number of rotatable bonds is 2. The van der Waals surface area contributed by atoms with Crippen LogP contribution in [0.3, 0.4) is 0 Å². The van der Waals surface area contributed by atoms with Gasteiger partial charge in [0.25, 0.3) is 5.91 Å². The highest BCUT2D eigenvalue weighted by Crippen LogP contribution is 2.20. The SMILES string of the molecule is N#Cc1cc(N)ccc1NC(=O)c1c(F)cccc1F. The molecule has 0 bridgehead atoms. The van der Waals surface area contributed by atoms with Crippen LogP contribution in [-0.4, -0.2) is 5.91 Å². The van der Waals surface area contributed by atoms with Crippen LogP contribution in [0.4, 0.5) is 20.2 Å². The summed E-state index contributed by atoms with van der Waals surface area (Å²) < 4.78 is 26.9. The van der Waals surface area contributed by atoms with Crippen LogP contribution in [0.2, 0.25) is 0 Å². The maximum Gasteiger partial charge on any atom is 0.261 e. The number of anilines is 2. The van der Waals surface area contributed by atoms with Crippen LogP contribution in [0.25, 0.3) is 0 Å². The van der Waals surface area contributed by atoms with Gasteiger partial charge in [-0.3, -0.25) is 4.79 Å². The number of halogens is 2. The van der Waals surface area contributed by atoms with Gasteiger partial charge in [-0.2, -0.15) is 5.26 Å². The second-order valence-electron chi connectivity index (χ2n) is 3.97. The second kappa shape index (κ2) is 5.36. The fourth-order valence-electron chi connectivity index (χ4n) is 1.66. The zero-order chi connectivity index (χ0) is 14.7. The number of carbonyl (C=O) groups excluding carboxylic acids is 1. The van der Waals surface area contributed by atoms with Gasteiger partial charge in [0.1, 0.15) is 23.3 Å². The Labute approximate surface area is 113 Å². The molecule has 20 heavy (non-hydrogen) atoms. The van der Waals surface area contributed by atoms with Crippen LogP contribution in [0.1, 0.15) is 15.9 Å². The lowest BCUT2D eigenvalue weighted by molar-refractivity contribution is 0.101. The third-order valence-electron chi connectivity index (χ3n) is 2.60. The number of nitrogens with zero attached hydrogens (tertiary/aromatic N) is 1. The molecule has 0 heterocycles. The van der Waals surface area contributed by atoms with E-state index in [1.807, 2.05) is 6.07 Å². The van der Waals surface area contributed by atoms with E-state index in [2.05, 4.69) is 5.32 Å². The lowest BCUT2D eigenvalue weighted by Crippen LogP contribution is -2.16. The van der Waals surface area contributed by atoms with Gasteiger partial charge in [0, 0.05) is 5.69 Å². The molecule has 0 aliphatic heterocycles. The van der Waals surface area contributed by atoms with Crippen molar-refractivity contribution >= 4 is 17.3 Å². The average Bonchev–Trinajstić information content (AvgIpc) is 2.40. The second-order valence-corrected chi connectivity index (χ2v) is 3.97. The van der Waals surface area contributed by atoms with Crippen molar-refractivity contribution in [2.45, 2.75) is 0 Å². The van der Waals surface area contributed by atoms with Gasteiger partial charge < -0.3 is 11.1 Å². The molecule has 0 unspecified atom stereocenters. The van der Waals surface area contributed by atoms with Crippen molar-refractivity contribution < 1.29 is 13.6 Å². The molecule has 3 N–H and O–H groups in total. The summed E-state index contributed by atoms with van der Waals surface area (Å²) in [6.45, 7) is 0. The Morgan fingerprint density at radius 1 is 1.20 bits per heavy atom. The molecule has 2 aromatic carbocycles. The number of benzene rings is 2. The van der Waals surface area contributed by atoms with Crippen LogP contribution in [0.15, 0.2) is 36.4 Å². The molecule has 0 fully saturated rings. The fraction of sp³-hybridized carbons (Fsp3) is 0. The van der Waals surface area contributed by atoms with E-state index in [1.54, 1.807) is 0 Å². The number of nitriles is 1. The summed E-state index contributed by atoms with van der Waals surface area (Å²) in [5.41, 5.74) is 5.39. The summed E-state index contributed by atoms with van der Waals surface area (Å²) in [4.78, 5) is 11.9. The molecule has 0 spiro atoms. The molecule has 6 heteroatoms. The van der Waals surface area contributed by atoms with E-state index < -0.39 is 23.1 Å². The van der Waals surface area contributed by atoms with E-state index in [0.29, 0.717) is 5.69 Å². The first-order chi connectivity index (χ1) is 9.52. The number of hydrogen-bond acceptors (Lipinski definition) is 3. The zero-order valence-corrected chi connectivity index (χ0v) is 10.2. The molecule has 100 valence electrons. The topological polar surface area (TPSA) is 78.9 Å². The molecule has 4 nitrogen and oxygen atoms in total. The first-order valence-electron chi connectivity index (χ1n) is 5.58. The van der Waals surface area contributed by atoms with Crippen molar-refractivity contribution in [1.82, 2.24) is 0 Å². The number of hydrogen-bond donors (Lipinski definition) is 2. The molecule has 2 rings (SSSR count). The average molecular weight is 273 g/mol. The molecule has 0 radical (unpaired) electrons. The van der Waals surface area contributed by atoms with Crippen molar-refractivity contribution in [3.63, 3.8) is 0 Å². The quantitative estimate of drug-likeness (QED) is 0.825. The van der Waals surface area contributed by atoms with Gasteiger partial charge in [0.15, 0.2) is 0 Å². The van der Waals surface area contributed by atoms with E-state index in [1.165, 1.54) is 18.2 Å². The predicted octanol–water partition coefficient (Wildman–Crippen LogP) is 2.67. The number of nitrogen functional groups attached to an aromatic ring is 1. The van der Waals surface area contributed by atoms with Crippen molar-refractivity contribution in [1.29, 1.82) is 5.26 Å². The number of nitrogens with one attached hydrogen (secondary N) is 1. The highest BCUT2D eigenvalue weighted by atomic mass is 19.1. The molecular weight excluding hydrogens is 264 g/mol. The molecule has 2 aromatic rings. The lowest BCUT2D eigenvalue weighted by atomic mass is 10.1. The molecule has 0 atom stereocenters. The highest BCUT2D eigenvalue weighted by Gasteiger charge is 2.18. The number of nitrogens with two attached hydrogens (primary N) is 1. The summed E-state index contributed by atoms with van der Waals surface area (Å²) >= 11 is 0. The third-order valence-corrected chi connectivity index (χ3v) is 2.60. The molecule has 0 aliphatic carbocycles. The smallest absolute Gasteiger partial charge is 0.261 e. The maximum absolute atomic E-state index is 13.5. The van der Waals surface area contributed by atoms with Gasteiger partial charge in [0.2, 0.25) is 0 Å². The van der Waals surface area contributed by atoms with Crippen LogP contribution < -0.4 is 11.1 Å². The minimum atomic E-state index is -0.976. The summed E-state index contributed by atoms with van der Waals surface area (Å²) in [5.74, 6) is -2.92. The minimum Gasteiger partial charge on any atom is -0.399 e. The highest BCUT2D eigenvalue weighted by molar-refractivity contribution is 6.05.